The van der Waals surface area contributed by atoms with E-state index in [2.05, 4.69) is 5.32 Å². The Labute approximate surface area is 230 Å². The van der Waals surface area contributed by atoms with Crippen LogP contribution in [0.25, 0.3) is 0 Å². The zero-order valence-corrected chi connectivity index (χ0v) is 23.7. The molecule has 0 unspecified atom stereocenters. The number of benzene rings is 3. The van der Waals surface area contributed by atoms with Crippen LogP contribution in [0, 0.1) is 6.92 Å². The van der Waals surface area contributed by atoms with Gasteiger partial charge in [0.15, 0.2) is 0 Å². The maximum absolute atomic E-state index is 14.0. The monoisotopic (exact) mass is 555 g/mol. The predicted molar refractivity (Wildman–Crippen MR) is 152 cm³/mol. The van der Waals surface area contributed by atoms with Crippen LogP contribution < -0.4 is 9.62 Å². The molecule has 7 nitrogen and oxygen atoms in total. The summed E-state index contributed by atoms with van der Waals surface area (Å²) >= 11 is 6.42. The normalized spacial score (nSPS) is 12.2. The molecular weight excluding hydrogens is 522 g/mol. The van der Waals surface area contributed by atoms with E-state index in [1.54, 1.807) is 73.7 Å². The first kappa shape index (κ1) is 29.2. The van der Waals surface area contributed by atoms with E-state index >= 15 is 0 Å². The van der Waals surface area contributed by atoms with Crippen LogP contribution in [0.3, 0.4) is 0 Å². The van der Waals surface area contributed by atoms with Crippen molar-refractivity contribution < 1.29 is 18.0 Å². The van der Waals surface area contributed by atoms with E-state index < -0.39 is 28.5 Å². The smallest absolute Gasteiger partial charge is 0.264 e. The summed E-state index contributed by atoms with van der Waals surface area (Å²) in [6.07, 6.45) is 0.338. The summed E-state index contributed by atoms with van der Waals surface area (Å²) in [4.78, 5) is 28.7. The molecule has 0 fully saturated rings. The van der Waals surface area contributed by atoms with Crippen molar-refractivity contribution in [3.63, 3.8) is 0 Å². The van der Waals surface area contributed by atoms with Gasteiger partial charge in [-0.2, -0.15) is 0 Å². The van der Waals surface area contributed by atoms with Crippen molar-refractivity contribution in [2.75, 3.05) is 10.8 Å². The molecule has 0 saturated heterocycles. The maximum atomic E-state index is 14.0. The van der Waals surface area contributed by atoms with Gasteiger partial charge in [0.2, 0.25) is 11.8 Å². The van der Waals surface area contributed by atoms with Crippen LogP contribution in [0.4, 0.5) is 5.69 Å². The minimum Gasteiger partial charge on any atom is -0.352 e. The van der Waals surface area contributed by atoms with Gasteiger partial charge in [-0.3, -0.25) is 13.9 Å². The summed E-state index contributed by atoms with van der Waals surface area (Å²) in [5, 5.41) is 3.34. The number of carbonyl (C=O) groups excluding carboxylic acids is 2. The lowest BCUT2D eigenvalue weighted by Crippen LogP contribution is -2.53. The number of aryl methyl sites for hydroxylation is 1. The van der Waals surface area contributed by atoms with E-state index in [1.165, 1.54) is 17.0 Å². The lowest BCUT2D eigenvalue weighted by atomic mass is 10.1. The Morgan fingerprint density at radius 3 is 2.13 bits per heavy atom. The van der Waals surface area contributed by atoms with E-state index in [0.717, 1.165) is 4.31 Å². The van der Waals surface area contributed by atoms with Gasteiger partial charge in [0.1, 0.15) is 12.6 Å². The summed E-state index contributed by atoms with van der Waals surface area (Å²) in [7, 11) is -4.10. The predicted octanol–water partition coefficient (Wildman–Crippen LogP) is 5.18. The summed E-state index contributed by atoms with van der Waals surface area (Å²) in [5.74, 6) is -0.824. The third kappa shape index (κ3) is 6.94. The Kier molecular flexibility index (Phi) is 9.94. The van der Waals surface area contributed by atoms with Gasteiger partial charge in [0.05, 0.1) is 10.6 Å². The number of anilines is 1. The van der Waals surface area contributed by atoms with Gasteiger partial charge < -0.3 is 10.2 Å². The molecule has 0 bridgehead atoms. The van der Waals surface area contributed by atoms with Crippen molar-refractivity contribution in [2.24, 2.45) is 0 Å². The number of halogens is 1. The molecule has 0 heterocycles. The van der Waals surface area contributed by atoms with E-state index in [1.807, 2.05) is 20.8 Å². The van der Waals surface area contributed by atoms with Crippen molar-refractivity contribution in [1.82, 2.24) is 10.2 Å². The highest BCUT2D eigenvalue weighted by Gasteiger charge is 2.34. The average Bonchev–Trinajstić information content (AvgIpc) is 2.88. The van der Waals surface area contributed by atoms with Gasteiger partial charge in [0, 0.05) is 17.6 Å². The summed E-state index contributed by atoms with van der Waals surface area (Å²) < 4.78 is 28.8. The molecule has 0 aliphatic carbocycles. The molecular formula is C29H34ClN3O4S. The number of hydrogen-bond donors (Lipinski definition) is 1. The summed E-state index contributed by atoms with van der Waals surface area (Å²) in [5.41, 5.74) is 1.75. The molecule has 0 aliphatic heterocycles. The Hall–Kier alpha value is -3.36. The zero-order chi connectivity index (χ0) is 27.9. The Morgan fingerprint density at radius 1 is 0.921 bits per heavy atom. The molecule has 9 heteroatoms. The Balaban J connectivity index is 2.08. The fraction of sp³-hybridized carbons (Fsp3) is 0.310. The second-order valence-electron chi connectivity index (χ2n) is 9.31. The number of para-hydroxylation sites is 1. The molecule has 0 spiro atoms. The number of carbonyl (C=O) groups is 2. The maximum Gasteiger partial charge on any atom is 0.264 e. The van der Waals surface area contributed by atoms with Crippen LogP contribution in [0.1, 0.15) is 38.3 Å². The molecule has 0 saturated carbocycles. The highest BCUT2D eigenvalue weighted by atomic mass is 35.5. The lowest BCUT2D eigenvalue weighted by molar-refractivity contribution is -0.140. The van der Waals surface area contributed by atoms with Crippen LogP contribution in [0.2, 0.25) is 5.02 Å². The van der Waals surface area contributed by atoms with Gasteiger partial charge in [-0.1, -0.05) is 73.1 Å². The molecule has 0 aromatic heterocycles. The largest absolute Gasteiger partial charge is 0.352 e. The van der Waals surface area contributed by atoms with Gasteiger partial charge in [0.25, 0.3) is 10.0 Å². The Bertz CT molecular complexity index is 1360. The molecule has 3 aromatic carbocycles. The topological polar surface area (TPSA) is 86.8 Å². The highest BCUT2D eigenvalue weighted by molar-refractivity contribution is 7.92. The van der Waals surface area contributed by atoms with Gasteiger partial charge >= 0.3 is 0 Å². The summed E-state index contributed by atoms with van der Waals surface area (Å²) in [6, 6.07) is 21.1. The van der Waals surface area contributed by atoms with Crippen molar-refractivity contribution in [3.05, 3.63) is 95.0 Å². The zero-order valence-electron chi connectivity index (χ0n) is 22.1. The van der Waals surface area contributed by atoms with Gasteiger partial charge in [-0.15, -0.1) is 0 Å². The average molecular weight is 556 g/mol. The first-order valence-corrected chi connectivity index (χ1v) is 14.3. The van der Waals surface area contributed by atoms with E-state index in [9.17, 15) is 18.0 Å². The quantitative estimate of drug-likeness (QED) is 0.353. The van der Waals surface area contributed by atoms with Crippen molar-refractivity contribution >= 4 is 39.1 Å². The van der Waals surface area contributed by atoms with E-state index in [0.29, 0.717) is 28.3 Å². The molecule has 3 rings (SSSR count). The molecule has 3 aromatic rings. The van der Waals surface area contributed by atoms with Crippen LogP contribution in [-0.2, 0) is 26.2 Å². The molecule has 1 N–H and O–H groups in total. The van der Waals surface area contributed by atoms with Crippen molar-refractivity contribution in [2.45, 2.75) is 57.6 Å². The molecule has 0 aliphatic rings. The van der Waals surface area contributed by atoms with Crippen LogP contribution in [0.5, 0.6) is 0 Å². The number of hydrogen-bond acceptors (Lipinski definition) is 4. The third-order valence-corrected chi connectivity index (χ3v) is 8.25. The molecule has 38 heavy (non-hydrogen) atoms. The SMILES string of the molecule is CC[C@H](C(=O)NC(C)C)N(Cc1ccccc1Cl)C(=O)CN(c1ccccc1C)S(=O)(=O)c1ccccc1. The first-order chi connectivity index (χ1) is 18.1. The lowest BCUT2D eigenvalue weighted by Gasteiger charge is -2.34. The minimum absolute atomic E-state index is 0.0511. The van der Waals surface area contributed by atoms with Crippen molar-refractivity contribution in [3.8, 4) is 0 Å². The fourth-order valence-corrected chi connectivity index (χ4v) is 5.88. The number of rotatable bonds is 11. The fourth-order valence-electron chi connectivity index (χ4n) is 4.19. The Morgan fingerprint density at radius 2 is 1.53 bits per heavy atom. The molecule has 0 radical (unpaired) electrons. The second-order valence-corrected chi connectivity index (χ2v) is 11.6. The van der Waals surface area contributed by atoms with Crippen LogP contribution in [0.15, 0.2) is 83.8 Å². The number of nitrogens with zero attached hydrogens (tertiary/aromatic N) is 2. The van der Waals surface area contributed by atoms with E-state index in [-0.39, 0.29) is 23.4 Å². The summed E-state index contributed by atoms with van der Waals surface area (Å²) in [6.45, 7) is 6.86. The second kappa shape index (κ2) is 12.9. The number of amides is 2. The molecule has 2 amide bonds. The van der Waals surface area contributed by atoms with E-state index in [4.69, 9.17) is 11.6 Å². The molecule has 202 valence electrons. The first-order valence-electron chi connectivity index (χ1n) is 12.5. The minimum atomic E-state index is -4.10. The van der Waals surface area contributed by atoms with Gasteiger partial charge in [-0.05, 0) is 62.6 Å². The highest BCUT2D eigenvalue weighted by Crippen LogP contribution is 2.28. The molecule has 1 atom stereocenters. The number of sulfonamides is 1. The standard InChI is InChI=1S/C29H34ClN3O4S/c1-5-26(29(35)31-21(2)3)32(19-23-14-10-11-17-25(23)30)28(34)20-33(27-18-12-9-13-22(27)4)38(36,37)24-15-7-6-8-16-24/h6-18,21,26H,5,19-20H2,1-4H3,(H,31,35)/t26-/m1/s1. The van der Waals surface area contributed by atoms with Crippen LogP contribution >= 0.6 is 11.6 Å². The van der Waals surface area contributed by atoms with Crippen molar-refractivity contribution in [1.29, 1.82) is 0 Å². The number of nitrogens with one attached hydrogen (secondary N) is 1. The van der Waals surface area contributed by atoms with Crippen LogP contribution in [-0.4, -0.2) is 43.8 Å². The third-order valence-electron chi connectivity index (χ3n) is 6.11. The van der Waals surface area contributed by atoms with Gasteiger partial charge in [-0.25, -0.2) is 8.42 Å².